The SMILES string of the molecule is COC(=O)C1=CN(Cc2ccc(Cl)cc2)C=C(C(=O)OC)C1c1ccc(C)s1. The van der Waals surface area contributed by atoms with E-state index in [0.717, 1.165) is 15.3 Å². The molecule has 0 spiro atoms. The summed E-state index contributed by atoms with van der Waals surface area (Å²) >= 11 is 7.49. The number of methoxy groups -OCH3 is 2. The van der Waals surface area contributed by atoms with E-state index in [-0.39, 0.29) is 0 Å². The molecule has 1 aromatic heterocycles. The predicted molar refractivity (Wildman–Crippen MR) is 109 cm³/mol. The Balaban J connectivity index is 2.04. The van der Waals surface area contributed by atoms with Crippen molar-refractivity contribution in [3.05, 3.63) is 80.3 Å². The second-order valence-electron chi connectivity index (χ2n) is 6.33. The molecule has 0 aliphatic carbocycles. The first-order valence-corrected chi connectivity index (χ1v) is 9.79. The molecule has 0 amide bonds. The summed E-state index contributed by atoms with van der Waals surface area (Å²) in [6.07, 6.45) is 3.46. The second-order valence-corrected chi connectivity index (χ2v) is 8.09. The minimum Gasteiger partial charge on any atom is -0.466 e. The lowest BCUT2D eigenvalue weighted by Gasteiger charge is -2.29. The van der Waals surface area contributed by atoms with Gasteiger partial charge in [-0.25, -0.2) is 9.59 Å². The number of hydrogen-bond acceptors (Lipinski definition) is 6. The van der Waals surface area contributed by atoms with Crippen LogP contribution in [0.5, 0.6) is 0 Å². The lowest BCUT2D eigenvalue weighted by molar-refractivity contribution is -0.137. The van der Waals surface area contributed by atoms with E-state index in [1.807, 2.05) is 31.2 Å². The molecular weight excluding hydrogens is 398 g/mol. The number of aryl methyl sites for hydroxylation is 1. The molecule has 3 rings (SSSR count). The van der Waals surface area contributed by atoms with Crippen LogP contribution in [-0.2, 0) is 25.6 Å². The fraction of sp³-hybridized carbons (Fsp3) is 0.238. The highest BCUT2D eigenvalue weighted by molar-refractivity contribution is 7.12. The molecule has 2 heterocycles. The highest BCUT2D eigenvalue weighted by Gasteiger charge is 2.36. The molecule has 0 fully saturated rings. The van der Waals surface area contributed by atoms with E-state index < -0.39 is 17.9 Å². The number of halogens is 1. The Bertz CT molecular complexity index is 912. The zero-order valence-corrected chi connectivity index (χ0v) is 17.3. The Morgan fingerprint density at radius 3 is 2.04 bits per heavy atom. The highest BCUT2D eigenvalue weighted by atomic mass is 35.5. The van der Waals surface area contributed by atoms with Gasteiger partial charge in [0.05, 0.1) is 31.3 Å². The first-order chi connectivity index (χ1) is 13.4. The number of benzene rings is 1. The molecule has 0 atom stereocenters. The van der Waals surface area contributed by atoms with Gasteiger partial charge in [0, 0.05) is 33.7 Å². The van der Waals surface area contributed by atoms with Crippen molar-refractivity contribution < 1.29 is 19.1 Å². The summed E-state index contributed by atoms with van der Waals surface area (Å²) in [7, 11) is 2.67. The van der Waals surface area contributed by atoms with Gasteiger partial charge in [0.2, 0.25) is 0 Å². The van der Waals surface area contributed by atoms with Gasteiger partial charge in [-0.05, 0) is 36.8 Å². The molecule has 0 saturated carbocycles. The molecule has 1 aliphatic heterocycles. The first kappa shape index (κ1) is 20.2. The van der Waals surface area contributed by atoms with Crippen molar-refractivity contribution in [3.63, 3.8) is 0 Å². The number of esters is 2. The number of hydrogen-bond donors (Lipinski definition) is 0. The van der Waals surface area contributed by atoms with Crippen molar-refractivity contribution >= 4 is 34.9 Å². The standard InChI is InChI=1S/C21H20ClNO4S/c1-13-4-9-18(28-13)19-16(20(24)26-2)11-23(12-17(19)21(25)27-3)10-14-5-7-15(22)8-6-14/h4-9,11-12,19H,10H2,1-3H3. The minimum absolute atomic E-state index is 0.390. The minimum atomic E-state index is -0.528. The zero-order valence-electron chi connectivity index (χ0n) is 15.8. The van der Waals surface area contributed by atoms with Crippen molar-refractivity contribution in [3.8, 4) is 0 Å². The van der Waals surface area contributed by atoms with Crippen molar-refractivity contribution in [2.45, 2.75) is 19.4 Å². The molecule has 1 aromatic carbocycles. The van der Waals surface area contributed by atoms with E-state index in [1.54, 1.807) is 29.4 Å². The van der Waals surface area contributed by atoms with Crippen molar-refractivity contribution in [2.24, 2.45) is 0 Å². The maximum Gasteiger partial charge on any atom is 0.336 e. The summed E-state index contributed by atoms with van der Waals surface area (Å²) in [6.45, 7) is 2.45. The summed E-state index contributed by atoms with van der Waals surface area (Å²) in [4.78, 5) is 28.9. The lowest BCUT2D eigenvalue weighted by Crippen LogP contribution is -2.28. The zero-order chi connectivity index (χ0) is 20.3. The van der Waals surface area contributed by atoms with Gasteiger partial charge < -0.3 is 14.4 Å². The van der Waals surface area contributed by atoms with Crippen LogP contribution in [0.2, 0.25) is 5.02 Å². The van der Waals surface area contributed by atoms with E-state index in [4.69, 9.17) is 21.1 Å². The van der Waals surface area contributed by atoms with Crippen LogP contribution in [0.25, 0.3) is 0 Å². The largest absolute Gasteiger partial charge is 0.466 e. The van der Waals surface area contributed by atoms with Crippen LogP contribution in [-0.4, -0.2) is 31.1 Å². The van der Waals surface area contributed by atoms with Gasteiger partial charge in [-0.3, -0.25) is 0 Å². The molecule has 0 bridgehead atoms. The molecule has 2 aromatic rings. The van der Waals surface area contributed by atoms with Crippen LogP contribution >= 0.6 is 22.9 Å². The fourth-order valence-corrected chi connectivity index (χ4v) is 4.24. The topological polar surface area (TPSA) is 55.8 Å². The van der Waals surface area contributed by atoms with E-state index in [0.29, 0.717) is 22.7 Å². The third-order valence-electron chi connectivity index (χ3n) is 4.40. The normalized spacial score (nSPS) is 14.4. The van der Waals surface area contributed by atoms with Gasteiger partial charge in [0.15, 0.2) is 0 Å². The third-order valence-corrected chi connectivity index (χ3v) is 5.72. The Hall–Kier alpha value is -2.57. The van der Waals surface area contributed by atoms with E-state index in [1.165, 1.54) is 25.6 Å². The van der Waals surface area contributed by atoms with Crippen LogP contribution in [0.1, 0.15) is 21.2 Å². The number of thiophene rings is 1. The summed E-state index contributed by atoms with van der Waals surface area (Å²) < 4.78 is 10.00. The van der Waals surface area contributed by atoms with Crippen LogP contribution in [0.15, 0.2) is 59.9 Å². The molecule has 0 saturated heterocycles. The molecule has 146 valence electrons. The van der Waals surface area contributed by atoms with Crippen molar-refractivity contribution in [1.82, 2.24) is 4.90 Å². The van der Waals surface area contributed by atoms with Gasteiger partial charge in [0.1, 0.15) is 0 Å². The van der Waals surface area contributed by atoms with E-state index in [9.17, 15) is 9.59 Å². The van der Waals surface area contributed by atoms with Gasteiger partial charge in [-0.1, -0.05) is 23.7 Å². The maximum absolute atomic E-state index is 12.5. The molecular formula is C21H20ClNO4S. The van der Waals surface area contributed by atoms with Crippen molar-refractivity contribution in [2.75, 3.05) is 14.2 Å². The smallest absolute Gasteiger partial charge is 0.336 e. The van der Waals surface area contributed by atoms with Crippen LogP contribution in [0.3, 0.4) is 0 Å². The van der Waals surface area contributed by atoms with E-state index in [2.05, 4.69) is 0 Å². The van der Waals surface area contributed by atoms with E-state index >= 15 is 0 Å². The van der Waals surface area contributed by atoms with Gasteiger partial charge in [0.25, 0.3) is 0 Å². The number of ether oxygens (including phenoxy) is 2. The number of carbonyl (C=O) groups is 2. The quantitative estimate of drug-likeness (QED) is 0.674. The Morgan fingerprint density at radius 2 is 1.57 bits per heavy atom. The van der Waals surface area contributed by atoms with Crippen molar-refractivity contribution in [1.29, 1.82) is 0 Å². The van der Waals surface area contributed by atoms with Gasteiger partial charge in [-0.15, -0.1) is 11.3 Å². The van der Waals surface area contributed by atoms with Crippen LogP contribution in [0, 0.1) is 6.92 Å². The Labute approximate surface area is 172 Å². The summed E-state index contributed by atoms with van der Waals surface area (Å²) in [5.74, 6) is -1.49. The number of carbonyl (C=O) groups excluding carboxylic acids is 2. The second kappa shape index (κ2) is 8.63. The molecule has 5 nitrogen and oxygen atoms in total. The Morgan fingerprint density at radius 1 is 1.00 bits per heavy atom. The molecule has 28 heavy (non-hydrogen) atoms. The summed E-state index contributed by atoms with van der Waals surface area (Å²) in [5.41, 5.74) is 1.76. The molecule has 0 unspecified atom stereocenters. The monoisotopic (exact) mass is 417 g/mol. The maximum atomic E-state index is 12.5. The lowest BCUT2D eigenvalue weighted by atomic mass is 9.88. The van der Waals surface area contributed by atoms with Gasteiger partial charge >= 0.3 is 11.9 Å². The average Bonchev–Trinajstić information content (AvgIpc) is 3.13. The number of rotatable bonds is 5. The predicted octanol–water partition coefficient (Wildman–Crippen LogP) is 4.42. The molecule has 1 aliphatic rings. The fourth-order valence-electron chi connectivity index (χ4n) is 3.09. The average molecular weight is 418 g/mol. The van der Waals surface area contributed by atoms with Gasteiger partial charge in [-0.2, -0.15) is 0 Å². The highest BCUT2D eigenvalue weighted by Crippen LogP contribution is 2.40. The summed E-state index contributed by atoms with van der Waals surface area (Å²) in [6, 6.07) is 11.3. The molecule has 0 radical (unpaired) electrons. The third kappa shape index (κ3) is 4.29. The van der Waals surface area contributed by atoms with Crippen LogP contribution < -0.4 is 0 Å². The van der Waals surface area contributed by atoms with Crippen LogP contribution in [0.4, 0.5) is 0 Å². The number of nitrogens with zero attached hydrogens (tertiary/aromatic N) is 1. The summed E-state index contributed by atoms with van der Waals surface area (Å²) in [5, 5.41) is 0.645. The first-order valence-electron chi connectivity index (χ1n) is 8.59. The molecule has 7 heteroatoms. The molecule has 0 N–H and O–H groups in total. The Kier molecular flexibility index (Phi) is 6.21.